The average Bonchev–Trinajstić information content (AvgIpc) is 2.38. The van der Waals surface area contributed by atoms with E-state index in [0.717, 1.165) is 12.1 Å². The number of halogens is 3. The minimum Gasteiger partial charge on any atom is -0.466 e. The summed E-state index contributed by atoms with van der Waals surface area (Å²) in [5, 5.41) is 18.2. The molecule has 1 aromatic rings. The second-order valence-corrected chi connectivity index (χ2v) is 3.91. The number of carbonyl (C=O) groups excluding carboxylic acids is 1. The van der Waals surface area contributed by atoms with Gasteiger partial charge in [0.15, 0.2) is 0 Å². The van der Waals surface area contributed by atoms with Crippen molar-refractivity contribution in [3.05, 3.63) is 28.8 Å². The molecule has 0 saturated heterocycles. The van der Waals surface area contributed by atoms with Crippen LogP contribution in [0.3, 0.4) is 0 Å². The molecule has 0 aromatic heterocycles. The van der Waals surface area contributed by atoms with Crippen molar-refractivity contribution in [3.63, 3.8) is 0 Å². The van der Waals surface area contributed by atoms with E-state index in [1.165, 1.54) is 0 Å². The average molecular weight is 303 g/mol. The highest BCUT2D eigenvalue weighted by molar-refractivity contribution is 5.74. The summed E-state index contributed by atoms with van der Waals surface area (Å²) < 4.78 is 45.0. The van der Waals surface area contributed by atoms with Crippen molar-refractivity contribution in [3.8, 4) is 11.8 Å². The number of alkyl halides is 3. The van der Waals surface area contributed by atoms with Gasteiger partial charge < -0.3 is 14.6 Å². The van der Waals surface area contributed by atoms with Gasteiger partial charge in [-0.1, -0.05) is 0 Å². The molecule has 1 N–H and O–H groups in total. The van der Waals surface area contributed by atoms with E-state index in [1.54, 1.807) is 13.0 Å². The molecule has 0 spiro atoms. The molecule has 1 rings (SSSR count). The highest BCUT2D eigenvalue weighted by atomic mass is 19.4. The van der Waals surface area contributed by atoms with Crippen LogP contribution in [0.2, 0.25) is 0 Å². The first-order valence-corrected chi connectivity index (χ1v) is 5.88. The molecule has 0 aliphatic carbocycles. The number of aliphatic hydroxyl groups excluding tert-OH is 1. The summed E-state index contributed by atoms with van der Waals surface area (Å²) in [5.41, 5.74) is -0.0665. The molecule has 114 valence electrons. The second kappa shape index (κ2) is 6.95. The fourth-order valence-corrected chi connectivity index (χ4v) is 1.70. The molecule has 0 atom stereocenters. The zero-order valence-electron chi connectivity index (χ0n) is 11.0. The molecule has 0 saturated carbocycles. The normalized spacial score (nSPS) is 10.9. The lowest BCUT2D eigenvalue weighted by molar-refractivity contribution is -0.274. The highest BCUT2D eigenvalue weighted by Gasteiger charge is 2.31. The molecule has 1 aromatic carbocycles. The summed E-state index contributed by atoms with van der Waals surface area (Å²) in [5.74, 6) is -1.27. The highest BCUT2D eigenvalue weighted by Crippen LogP contribution is 2.28. The fourth-order valence-electron chi connectivity index (χ4n) is 1.70. The van der Waals surface area contributed by atoms with Gasteiger partial charge in [0.05, 0.1) is 31.3 Å². The third kappa shape index (κ3) is 4.96. The van der Waals surface area contributed by atoms with Crippen molar-refractivity contribution in [1.82, 2.24) is 0 Å². The van der Waals surface area contributed by atoms with Crippen LogP contribution >= 0.6 is 0 Å². The monoisotopic (exact) mass is 303 g/mol. The maximum Gasteiger partial charge on any atom is 0.573 e. The third-order valence-corrected chi connectivity index (χ3v) is 2.47. The van der Waals surface area contributed by atoms with Crippen molar-refractivity contribution in [1.29, 1.82) is 5.26 Å². The van der Waals surface area contributed by atoms with Crippen molar-refractivity contribution < 1.29 is 32.5 Å². The van der Waals surface area contributed by atoms with E-state index in [4.69, 9.17) is 10.00 Å². The van der Waals surface area contributed by atoms with Crippen molar-refractivity contribution >= 4 is 5.97 Å². The van der Waals surface area contributed by atoms with E-state index in [0.29, 0.717) is 0 Å². The van der Waals surface area contributed by atoms with Crippen molar-refractivity contribution in [2.24, 2.45) is 0 Å². The van der Waals surface area contributed by atoms with Crippen LogP contribution in [-0.4, -0.2) is 24.0 Å². The Bertz CT molecular complexity index is 564. The zero-order valence-corrected chi connectivity index (χ0v) is 11.0. The number of ether oxygens (including phenoxy) is 2. The summed E-state index contributed by atoms with van der Waals surface area (Å²) in [4.78, 5) is 11.4. The van der Waals surface area contributed by atoms with E-state index in [9.17, 15) is 23.1 Å². The van der Waals surface area contributed by atoms with Crippen LogP contribution in [0.15, 0.2) is 12.1 Å². The molecule has 0 radical (unpaired) electrons. The molecular formula is C13H12F3NO4. The molecule has 0 aliphatic heterocycles. The second-order valence-electron chi connectivity index (χ2n) is 3.91. The Kier molecular flexibility index (Phi) is 5.55. The maximum atomic E-state index is 12.2. The molecule has 5 nitrogen and oxygen atoms in total. The van der Waals surface area contributed by atoms with Gasteiger partial charge in [-0.05, 0) is 30.2 Å². The van der Waals surface area contributed by atoms with Gasteiger partial charge in [-0.25, -0.2) is 0 Å². The lowest BCUT2D eigenvalue weighted by atomic mass is 9.98. The van der Waals surface area contributed by atoms with Crippen LogP contribution in [0.1, 0.15) is 23.6 Å². The quantitative estimate of drug-likeness (QED) is 0.842. The van der Waals surface area contributed by atoms with Gasteiger partial charge in [-0.15, -0.1) is 13.2 Å². The molecule has 0 heterocycles. The number of nitriles is 1. The summed E-state index contributed by atoms with van der Waals surface area (Å²) in [7, 11) is 0. The molecule has 8 heteroatoms. The number of nitrogens with zero attached hydrogens (tertiary/aromatic N) is 1. The van der Waals surface area contributed by atoms with Gasteiger partial charge in [-0.2, -0.15) is 5.26 Å². The van der Waals surface area contributed by atoms with Gasteiger partial charge in [0.1, 0.15) is 5.75 Å². The Morgan fingerprint density at radius 1 is 1.43 bits per heavy atom. The van der Waals surface area contributed by atoms with Gasteiger partial charge in [-0.3, -0.25) is 4.79 Å². The summed E-state index contributed by atoms with van der Waals surface area (Å²) >= 11 is 0. The molecule has 0 fully saturated rings. The first-order chi connectivity index (χ1) is 9.80. The molecule has 0 bridgehead atoms. The minimum atomic E-state index is -4.91. The van der Waals surface area contributed by atoms with Gasteiger partial charge in [0, 0.05) is 0 Å². The number of carbonyl (C=O) groups is 1. The van der Waals surface area contributed by atoms with E-state index in [1.807, 2.05) is 0 Å². The van der Waals surface area contributed by atoms with Crippen LogP contribution in [-0.2, 0) is 22.6 Å². The topological polar surface area (TPSA) is 79.6 Å². The van der Waals surface area contributed by atoms with Crippen LogP contribution in [0, 0.1) is 11.3 Å². The standard InChI is InChI=1S/C13H12F3NO4/c1-2-20-12(19)5-11-8(6-17)3-10(4-9(11)7-18)21-13(14,15)16/h3-4,18H,2,5,7H2,1H3. The van der Waals surface area contributed by atoms with Gasteiger partial charge >= 0.3 is 12.3 Å². The molecular weight excluding hydrogens is 291 g/mol. The number of benzene rings is 1. The van der Waals surface area contributed by atoms with Crippen molar-refractivity contribution in [2.45, 2.75) is 26.3 Å². The number of rotatable bonds is 5. The molecule has 0 aliphatic rings. The summed E-state index contributed by atoms with van der Waals surface area (Å²) in [6.07, 6.45) is -5.24. The third-order valence-electron chi connectivity index (χ3n) is 2.47. The Balaban J connectivity index is 3.19. The first kappa shape index (κ1) is 16.8. The Labute approximate surface area is 118 Å². The van der Waals surface area contributed by atoms with E-state index >= 15 is 0 Å². The Morgan fingerprint density at radius 2 is 2.10 bits per heavy atom. The van der Waals surface area contributed by atoms with Crippen LogP contribution in [0.5, 0.6) is 5.75 Å². The van der Waals surface area contributed by atoms with E-state index < -0.39 is 24.7 Å². The van der Waals surface area contributed by atoms with E-state index in [2.05, 4.69) is 4.74 Å². The lowest BCUT2D eigenvalue weighted by Crippen LogP contribution is -2.18. The smallest absolute Gasteiger partial charge is 0.466 e. The number of esters is 1. The maximum absolute atomic E-state index is 12.2. The SMILES string of the molecule is CCOC(=O)Cc1c(C#N)cc(OC(F)(F)F)cc1CO. The largest absolute Gasteiger partial charge is 0.573 e. The molecule has 0 unspecified atom stereocenters. The predicted octanol–water partition coefficient (Wildman–Crippen LogP) is 2.05. The lowest BCUT2D eigenvalue weighted by Gasteiger charge is -2.14. The van der Waals surface area contributed by atoms with Crippen LogP contribution in [0.4, 0.5) is 13.2 Å². The predicted molar refractivity (Wildman–Crippen MR) is 64.1 cm³/mol. The van der Waals surface area contributed by atoms with Gasteiger partial charge in [0.2, 0.25) is 0 Å². The fraction of sp³-hybridized carbons (Fsp3) is 0.385. The summed E-state index contributed by atoms with van der Waals surface area (Å²) in [6.45, 7) is 1.08. The number of aliphatic hydroxyl groups is 1. The van der Waals surface area contributed by atoms with E-state index in [-0.39, 0.29) is 29.7 Å². The number of hydrogen-bond acceptors (Lipinski definition) is 5. The molecule has 21 heavy (non-hydrogen) atoms. The number of hydrogen-bond donors (Lipinski definition) is 1. The minimum absolute atomic E-state index is 0.00125. The van der Waals surface area contributed by atoms with Crippen molar-refractivity contribution in [2.75, 3.05) is 6.61 Å². The first-order valence-electron chi connectivity index (χ1n) is 5.88. The Morgan fingerprint density at radius 3 is 2.57 bits per heavy atom. The van der Waals surface area contributed by atoms with Crippen LogP contribution in [0.25, 0.3) is 0 Å². The van der Waals surface area contributed by atoms with Gasteiger partial charge in [0.25, 0.3) is 0 Å². The van der Waals surface area contributed by atoms with Crippen LogP contribution < -0.4 is 4.74 Å². The summed E-state index contributed by atoms with van der Waals surface area (Å²) in [6, 6.07) is 3.47. The molecule has 0 amide bonds. The zero-order chi connectivity index (χ0) is 16.0. The Hall–Kier alpha value is -2.27.